The lowest BCUT2D eigenvalue weighted by molar-refractivity contribution is 0.660. The number of benzene rings is 11. The van der Waals surface area contributed by atoms with Crippen LogP contribution in [-0.4, -0.2) is 4.57 Å². The summed E-state index contributed by atoms with van der Waals surface area (Å²) in [6.07, 6.45) is 0. The zero-order valence-corrected chi connectivity index (χ0v) is 37.5. The lowest BCUT2D eigenvalue weighted by atomic mass is 9.82. The first kappa shape index (κ1) is 37.4. The number of fused-ring (bicyclic) bond motifs is 10. The molecule has 0 spiro atoms. The molecule has 11 aromatic carbocycles. The van der Waals surface area contributed by atoms with E-state index >= 15 is 0 Å². The Morgan fingerprint density at radius 3 is 1.55 bits per heavy atom. The lowest BCUT2D eigenvalue weighted by Gasteiger charge is -2.30. The summed E-state index contributed by atoms with van der Waals surface area (Å²) in [4.78, 5) is 2.48. The van der Waals surface area contributed by atoms with E-state index in [1.807, 2.05) is 0 Å². The van der Waals surface area contributed by atoms with E-state index in [0.29, 0.717) is 0 Å². The third-order valence-corrected chi connectivity index (χ3v) is 15.5. The van der Waals surface area contributed by atoms with Crippen LogP contribution in [-0.2, 0) is 10.8 Å². The third kappa shape index (κ3) is 5.02. The highest BCUT2D eigenvalue weighted by molar-refractivity contribution is 6.32. The van der Waals surface area contributed by atoms with Gasteiger partial charge in [0.15, 0.2) is 0 Å². The Bertz CT molecular complexity index is 3870. The molecule has 14 rings (SSSR count). The Kier molecular flexibility index (Phi) is 7.55. The number of hydrogen-bond donors (Lipinski definition) is 0. The van der Waals surface area contributed by atoms with Gasteiger partial charge < -0.3 is 9.47 Å². The molecule has 1 aromatic heterocycles. The highest BCUT2D eigenvalue weighted by Crippen LogP contribution is 2.53. The van der Waals surface area contributed by atoms with Crippen molar-refractivity contribution in [1.82, 2.24) is 4.57 Å². The molecule has 66 heavy (non-hydrogen) atoms. The second-order valence-electron chi connectivity index (χ2n) is 19.7. The molecule has 312 valence electrons. The van der Waals surface area contributed by atoms with Crippen LogP contribution < -0.4 is 4.90 Å². The third-order valence-electron chi connectivity index (χ3n) is 15.5. The number of hydrogen-bond acceptors (Lipinski definition) is 1. The second kappa shape index (κ2) is 13.3. The van der Waals surface area contributed by atoms with Crippen LogP contribution in [0, 0.1) is 0 Å². The molecule has 0 saturated heterocycles. The summed E-state index contributed by atoms with van der Waals surface area (Å²) in [6, 6.07) is 77.6. The fourth-order valence-corrected chi connectivity index (χ4v) is 12.3. The Hall–Kier alpha value is -7.94. The van der Waals surface area contributed by atoms with E-state index in [1.54, 1.807) is 0 Å². The zero-order valence-electron chi connectivity index (χ0n) is 37.5. The minimum absolute atomic E-state index is 0.113. The average Bonchev–Trinajstić information content (AvgIpc) is 3.90. The van der Waals surface area contributed by atoms with Crippen molar-refractivity contribution in [3.63, 3.8) is 0 Å². The summed E-state index contributed by atoms with van der Waals surface area (Å²) in [6.45, 7) is 9.49. The Morgan fingerprint density at radius 1 is 0.348 bits per heavy atom. The van der Waals surface area contributed by atoms with Gasteiger partial charge in [0, 0.05) is 49.7 Å². The van der Waals surface area contributed by atoms with Gasteiger partial charge in [-0.15, -0.1) is 0 Å². The van der Waals surface area contributed by atoms with E-state index in [1.165, 1.54) is 115 Å². The maximum atomic E-state index is 2.48. The Labute approximate surface area is 385 Å². The molecule has 12 aromatic rings. The average molecular weight is 843 g/mol. The minimum atomic E-state index is -0.113. The van der Waals surface area contributed by atoms with Crippen molar-refractivity contribution in [3.8, 4) is 39.1 Å². The molecule has 0 aliphatic heterocycles. The van der Waals surface area contributed by atoms with Crippen molar-refractivity contribution < 1.29 is 0 Å². The zero-order chi connectivity index (χ0) is 44.1. The van der Waals surface area contributed by atoms with Gasteiger partial charge >= 0.3 is 0 Å². The predicted molar refractivity (Wildman–Crippen MR) is 280 cm³/mol. The fraction of sp³-hybridized carbons (Fsp3) is 0.0938. The summed E-state index contributed by atoms with van der Waals surface area (Å²) in [5, 5.41) is 10.3. The molecule has 0 N–H and O–H groups in total. The van der Waals surface area contributed by atoms with E-state index < -0.39 is 0 Å². The van der Waals surface area contributed by atoms with Crippen molar-refractivity contribution in [3.05, 3.63) is 229 Å². The largest absolute Gasteiger partial charge is 0.310 e. The van der Waals surface area contributed by atoms with Gasteiger partial charge in [0.25, 0.3) is 0 Å². The maximum Gasteiger partial charge on any atom is 0.0620 e. The normalized spacial score (nSPS) is 14.3. The molecule has 2 nitrogen and oxygen atoms in total. The molecular weight excluding hydrogens is 797 g/mol. The highest BCUT2D eigenvalue weighted by Gasteiger charge is 2.38. The van der Waals surface area contributed by atoms with Gasteiger partial charge in [-0.1, -0.05) is 173 Å². The van der Waals surface area contributed by atoms with Gasteiger partial charge in [0.1, 0.15) is 0 Å². The molecule has 1 heterocycles. The van der Waals surface area contributed by atoms with E-state index in [0.717, 1.165) is 17.1 Å². The van der Waals surface area contributed by atoms with Crippen molar-refractivity contribution in [2.45, 2.75) is 38.5 Å². The quantitative estimate of drug-likeness (QED) is 0.157. The predicted octanol–water partition coefficient (Wildman–Crippen LogP) is 17.4. The first-order chi connectivity index (χ1) is 32.3. The Morgan fingerprint density at radius 2 is 0.864 bits per heavy atom. The molecule has 0 fully saturated rings. The van der Waals surface area contributed by atoms with Crippen LogP contribution in [0.1, 0.15) is 49.9 Å². The van der Waals surface area contributed by atoms with Crippen LogP contribution in [0.4, 0.5) is 17.1 Å². The summed E-state index contributed by atoms with van der Waals surface area (Å²) in [5.41, 5.74) is 20.2. The van der Waals surface area contributed by atoms with Crippen molar-refractivity contribution >= 4 is 71.2 Å². The first-order valence-corrected chi connectivity index (χ1v) is 23.3. The summed E-state index contributed by atoms with van der Waals surface area (Å²) in [5.74, 6) is 0. The van der Waals surface area contributed by atoms with Crippen LogP contribution in [0.3, 0.4) is 0 Å². The SMILES string of the molecule is CC1(C)c2ccccc2-c2ccc(N(c3ccc(-c4ccc5ccc6cc7c8ccccc8n(-c8ccccc8)c7c7ccc4c5c67)cc3)c3ccc4c(c3)C(C)(C)c3ccccc3-4)cc21. The maximum absolute atomic E-state index is 2.48. The van der Waals surface area contributed by atoms with Gasteiger partial charge in [-0.2, -0.15) is 0 Å². The van der Waals surface area contributed by atoms with E-state index in [-0.39, 0.29) is 10.8 Å². The molecule has 0 radical (unpaired) electrons. The molecule has 0 atom stereocenters. The van der Waals surface area contributed by atoms with Crippen molar-refractivity contribution in [2.75, 3.05) is 4.90 Å². The van der Waals surface area contributed by atoms with Gasteiger partial charge in [-0.05, 0) is 143 Å². The van der Waals surface area contributed by atoms with Gasteiger partial charge in [0.05, 0.1) is 11.0 Å². The molecule has 2 aliphatic rings. The van der Waals surface area contributed by atoms with Crippen molar-refractivity contribution in [1.29, 1.82) is 0 Å². The molecule has 2 heteroatoms. The second-order valence-corrected chi connectivity index (χ2v) is 19.7. The Balaban J connectivity index is 0.936. The number of rotatable bonds is 5. The molecule has 2 aliphatic carbocycles. The molecule has 0 unspecified atom stereocenters. The lowest BCUT2D eigenvalue weighted by Crippen LogP contribution is -2.18. The molecular formula is C64H46N2. The summed E-state index contributed by atoms with van der Waals surface area (Å²) in [7, 11) is 0. The number of para-hydroxylation sites is 2. The van der Waals surface area contributed by atoms with Gasteiger partial charge in [-0.25, -0.2) is 0 Å². The molecule has 0 amide bonds. The van der Waals surface area contributed by atoms with Gasteiger partial charge in [-0.3, -0.25) is 0 Å². The summed E-state index contributed by atoms with van der Waals surface area (Å²) < 4.78 is 2.46. The van der Waals surface area contributed by atoms with Crippen LogP contribution in [0.5, 0.6) is 0 Å². The van der Waals surface area contributed by atoms with E-state index in [4.69, 9.17) is 0 Å². The highest BCUT2D eigenvalue weighted by atomic mass is 15.1. The summed E-state index contributed by atoms with van der Waals surface area (Å²) >= 11 is 0. The van der Waals surface area contributed by atoms with Crippen LogP contribution in [0.15, 0.2) is 206 Å². The fourth-order valence-electron chi connectivity index (χ4n) is 12.3. The molecule has 0 saturated carbocycles. The first-order valence-electron chi connectivity index (χ1n) is 23.3. The van der Waals surface area contributed by atoms with Crippen LogP contribution in [0.2, 0.25) is 0 Å². The number of aromatic nitrogens is 1. The monoisotopic (exact) mass is 842 g/mol. The molecule has 0 bridgehead atoms. The smallest absolute Gasteiger partial charge is 0.0620 e. The minimum Gasteiger partial charge on any atom is -0.310 e. The number of anilines is 3. The van der Waals surface area contributed by atoms with Crippen molar-refractivity contribution in [2.24, 2.45) is 0 Å². The van der Waals surface area contributed by atoms with E-state index in [9.17, 15) is 0 Å². The standard InChI is InChI=1S/C64H46N2/c1-63(2)55-19-11-8-16-47(55)49-32-29-44(37-57(49)63)65(45-30-33-50-48-17-9-12-20-56(48)64(3,4)58(50)38-45)43-27-24-39(25-28-43)46-31-26-40-22-23-41-36-54-51-18-10-13-21-59(51)66(42-14-6-5-7-15-42)62(54)53-35-34-52(46)60(40)61(41)53/h5-38H,1-4H3. The number of nitrogens with zero attached hydrogens (tertiary/aromatic N) is 2. The van der Waals surface area contributed by atoms with Crippen LogP contribution in [0.25, 0.3) is 93.2 Å². The topological polar surface area (TPSA) is 8.17 Å². The van der Waals surface area contributed by atoms with Gasteiger partial charge in [0.2, 0.25) is 0 Å². The van der Waals surface area contributed by atoms with Crippen LogP contribution >= 0.6 is 0 Å². The van der Waals surface area contributed by atoms with E-state index in [2.05, 4.69) is 243 Å².